The largest absolute Gasteiger partial charge is 0.387 e. The maximum Gasteiger partial charge on any atom is 0.269 e. The molecule has 0 bridgehead atoms. The number of oxime groups is 1. The van der Waals surface area contributed by atoms with E-state index < -0.39 is 0 Å². The highest BCUT2D eigenvalue weighted by molar-refractivity contribution is 6.39. The van der Waals surface area contributed by atoms with Crippen LogP contribution in [0.5, 0.6) is 0 Å². The molecule has 2 N–H and O–H groups in total. The van der Waals surface area contributed by atoms with Crippen LogP contribution in [0.15, 0.2) is 41.7 Å². The van der Waals surface area contributed by atoms with Crippen LogP contribution in [0.4, 0.5) is 0 Å². The highest BCUT2D eigenvalue weighted by atomic mass is 16.6. The van der Waals surface area contributed by atoms with Crippen LogP contribution in [-0.2, 0) is 16.2 Å². The normalized spacial score (nSPS) is 17.4. The first-order valence-electron chi connectivity index (χ1n) is 6.23. The molecule has 0 saturated heterocycles. The van der Waals surface area contributed by atoms with Crippen LogP contribution >= 0.6 is 0 Å². The lowest BCUT2D eigenvalue weighted by Crippen LogP contribution is -2.30. The number of aromatic nitrogens is 3. The molecular formula is C13H13N5O2. The third kappa shape index (κ3) is 2.66. The molecule has 1 aliphatic rings. The van der Waals surface area contributed by atoms with Gasteiger partial charge in [-0.25, -0.2) is 0 Å². The number of hydrogen-bond donors (Lipinski definition) is 2. The van der Waals surface area contributed by atoms with Crippen molar-refractivity contribution in [3.8, 4) is 0 Å². The van der Waals surface area contributed by atoms with Crippen molar-refractivity contribution < 1.29 is 9.63 Å². The molecule has 0 spiro atoms. The lowest BCUT2D eigenvalue weighted by atomic mass is 10.0. The van der Waals surface area contributed by atoms with Crippen molar-refractivity contribution in [3.05, 3.63) is 47.8 Å². The summed E-state index contributed by atoms with van der Waals surface area (Å²) in [6.45, 7) is 0.310. The smallest absolute Gasteiger partial charge is 0.269 e. The summed E-state index contributed by atoms with van der Waals surface area (Å²) in [5, 5.41) is 16.6. The summed E-state index contributed by atoms with van der Waals surface area (Å²) >= 11 is 0. The van der Waals surface area contributed by atoms with Gasteiger partial charge in [0, 0.05) is 6.42 Å². The molecule has 1 aliphatic heterocycles. The lowest BCUT2D eigenvalue weighted by Gasteiger charge is -2.07. The van der Waals surface area contributed by atoms with Gasteiger partial charge in [-0.3, -0.25) is 4.79 Å². The fraction of sp³-hybridized carbons (Fsp3) is 0.231. The predicted octanol–water partition coefficient (Wildman–Crippen LogP) is 0.938. The van der Waals surface area contributed by atoms with E-state index in [1.165, 1.54) is 0 Å². The van der Waals surface area contributed by atoms with Crippen LogP contribution in [0.2, 0.25) is 0 Å². The molecule has 3 rings (SSSR count). The first-order chi connectivity index (χ1) is 9.83. The van der Waals surface area contributed by atoms with Crippen molar-refractivity contribution in [2.45, 2.75) is 19.1 Å². The number of nitrogens with zero attached hydrogens (tertiary/aromatic N) is 3. The number of benzene rings is 1. The highest BCUT2D eigenvalue weighted by Crippen LogP contribution is 2.26. The molecule has 0 unspecified atom stereocenters. The Hall–Kier alpha value is -2.70. The Labute approximate surface area is 115 Å². The number of hydrogen-bond acceptors (Lipinski definition) is 5. The third-order valence-electron chi connectivity index (χ3n) is 3.00. The molecule has 7 nitrogen and oxygen atoms in total. The Kier molecular flexibility index (Phi) is 3.40. The van der Waals surface area contributed by atoms with Gasteiger partial charge in [0.25, 0.3) is 5.91 Å². The van der Waals surface area contributed by atoms with Crippen LogP contribution in [0.1, 0.15) is 23.8 Å². The third-order valence-corrected chi connectivity index (χ3v) is 3.00. The molecule has 7 heteroatoms. The van der Waals surface area contributed by atoms with Crippen molar-refractivity contribution in [3.63, 3.8) is 0 Å². The summed E-state index contributed by atoms with van der Waals surface area (Å²) in [6, 6.07) is 9.71. The highest BCUT2D eigenvalue weighted by Gasteiger charge is 2.27. The van der Waals surface area contributed by atoms with E-state index in [1.807, 2.05) is 30.3 Å². The number of rotatable bonds is 4. The van der Waals surface area contributed by atoms with Gasteiger partial charge in [0.05, 0.1) is 12.7 Å². The van der Waals surface area contributed by atoms with Gasteiger partial charge in [-0.15, -0.1) is 0 Å². The summed E-state index contributed by atoms with van der Waals surface area (Å²) < 4.78 is 0. The number of carbonyl (C=O) groups is 1. The maximum atomic E-state index is 11.9. The second-order valence-corrected chi connectivity index (χ2v) is 4.39. The van der Waals surface area contributed by atoms with Gasteiger partial charge in [0.15, 0.2) is 6.10 Å². The zero-order valence-corrected chi connectivity index (χ0v) is 10.6. The average molecular weight is 271 g/mol. The van der Waals surface area contributed by atoms with Gasteiger partial charge in [-0.1, -0.05) is 35.5 Å². The molecule has 20 heavy (non-hydrogen) atoms. The molecule has 0 saturated carbocycles. The van der Waals surface area contributed by atoms with Crippen LogP contribution in [-0.4, -0.2) is 27.0 Å². The topological polar surface area (TPSA) is 92.3 Å². The molecular weight excluding hydrogens is 258 g/mol. The summed E-state index contributed by atoms with van der Waals surface area (Å²) in [4.78, 5) is 17.2. The quantitative estimate of drug-likeness (QED) is 0.865. The van der Waals surface area contributed by atoms with Crippen LogP contribution < -0.4 is 5.32 Å². The van der Waals surface area contributed by atoms with Gasteiger partial charge in [-0.05, 0) is 5.56 Å². The van der Waals surface area contributed by atoms with Crippen molar-refractivity contribution in [1.29, 1.82) is 0 Å². The van der Waals surface area contributed by atoms with Gasteiger partial charge in [0.1, 0.15) is 11.4 Å². The lowest BCUT2D eigenvalue weighted by molar-refractivity contribution is -0.115. The molecule has 0 radical (unpaired) electrons. The fourth-order valence-corrected chi connectivity index (χ4v) is 1.94. The molecule has 1 aromatic heterocycles. The standard InChI is InChI=1S/C13H13N5O2/c19-13(14-7-10-8-15-18-16-10)11-6-12(20-17-11)9-4-2-1-3-5-9/h1-5,8,12H,6-7H2,(H,14,19)(H,15,16,18)/t12-/m0/s1. The minimum absolute atomic E-state index is 0.191. The van der Waals surface area contributed by atoms with Gasteiger partial charge < -0.3 is 10.2 Å². The zero-order valence-electron chi connectivity index (χ0n) is 10.6. The number of amides is 1. The minimum atomic E-state index is -0.244. The first kappa shape index (κ1) is 12.3. The monoisotopic (exact) mass is 271 g/mol. The number of nitrogens with one attached hydrogen (secondary N) is 2. The SMILES string of the molecule is O=C(NCc1cn[nH]n1)C1=NO[C@H](c2ccccc2)C1. The maximum absolute atomic E-state index is 11.9. The predicted molar refractivity (Wildman–Crippen MR) is 70.5 cm³/mol. The Morgan fingerprint density at radius 3 is 3.00 bits per heavy atom. The Bertz CT molecular complexity index is 609. The van der Waals surface area contributed by atoms with E-state index in [0.29, 0.717) is 24.4 Å². The summed E-state index contributed by atoms with van der Waals surface area (Å²) in [5.41, 5.74) is 2.07. The van der Waals surface area contributed by atoms with Crippen molar-refractivity contribution in [2.75, 3.05) is 0 Å². The average Bonchev–Trinajstić information content (AvgIpc) is 3.17. The number of carbonyl (C=O) groups excluding carboxylic acids is 1. The van der Waals surface area contributed by atoms with E-state index in [9.17, 15) is 4.79 Å². The van der Waals surface area contributed by atoms with E-state index in [0.717, 1.165) is 5.56 Å². The molecule has 102 valence electrons. The summed E-state index contributed by atoms with van der Waals surface area (Å²) in [7, 11) is 0. The second kappa shape index (κ2) is 5.52. The first-order valence-corrected chi connectivity index (χ1v) is 6.23. The van der Waals surface area contributed by atoms with Gasteiger partial charge in [0.2, 0.25) is 0 Å². The Morgan fingerprint density at radius 2 is 2.25 bits per heavy atom. The van der Waals surface area contributed by atoms with Crippen LogP contribution in [0, 0.1) is 0 Å². The van der Waals surface area contributed by atoms with Crippen molar-refractivity contribution in [1.82, 2.24) is 20.7 Å². The number of aromatic amines is 1. The summed E-state index contributed by atoms with van der Waals surface area (Å²) in [6.07, 6.45) is 1.83. The van der Waals surface area contributed by atoms with E-state index in [1.54, 1.807) is 6.20 Å². The second-order valence-electron chi connectivity index (χ2n) is 4.39. The molecule has 2 heterocycles. The van der Waals surface area contributed by atoms with Crippen LogP contribution in [0.25, 0.3) is 0 Å². The number of H-pyrrole nitrogens is 1. The van der Waals surface area contributed by atoms with E-state index in [4.69, 9.17) is 4.84 Å². The molecule has 1 amide bonds. The zero-order chi connectivity index (χ0) is 13.8. The molecule has 0 aliphatic carbocycles. The van der Waals surface area contributed by atoms with Gasteiger partial charge >= 0.3 is 0 Å². The Balaban J connectivity index is 1.55. The van der Waals surface area contributed by atoms with E-state index in [-0.39, 0.29) is 12.0 Å². The molecule has 1 atom stereocenters. The van der Waals surface area contributed by atoms with E-state index >= 15 is 0 Å². The molecule has 2 aromatic rings. The molecule has 0 fully saturated rings. The fourth-order valence-electron chi connectivity index (χ4n) is 1.94. The van der Waals surface area contributed by atoms with Crippen molar-refractivity contribution in [2.24, 2.45) is 5.16 Å². The van der Waals surface area contributed by atoms with Crippen molar-refractivity contribution >= 4 is 11.6 Å². The van der Waals surface area contributed by atoms with Gasteiger partial charge in [-0.2, -0.15) is 15.4 Å². The Morgan fingerprint density at radius 1 is 1.40 bits per heavy atom. The summed E-state index contributed by atoms with van der Waals surface area (Å²) in [5.74, 6) is -0.244. The minimum Gasteiger partial charge on any atom is -0.387 e. The van der Waals surface area contributed by atoms with Crippen LogP contribution in [0.3, 0.4) is 0 Å². The molecule has 1 aromatic carbocycles. The van der Waals surface area contributed by atoms with E-state index in [2.05, 4.69) is 25.9 Å².